The quantitative estimate of drug-likeness (QED) is 0.787. The van der Waals surface area contributed by atoms with E-state index in [1.807, 2.05) is 12.1 Å². The van der Waals surface area contributed by atoms with Gasteiger partial charge in [-0.1, -0.05) is 13.8 Å². The molecule has 1 rings (SSSR count). The lowest BCUT2D eigenvalue weighted by atomic mass is 10.1. The van der Waals surface area contributed by atoms with Crippen molar-refractivity contribution in [2.75, 3.05) is 32.1 Å². The Morgan fingerprint density at radius 3 is 2.35 bits per heavy atom. The van der Waals surface area contributed by atoms with Gasteiger partial charge in [-0.15, -0.1) is 0 Å². The lowest BCUT2D eigenvalue weighted by Gasteiger charge is -2.29. The summed E-state index contributed by atoms with van der Waals surface area (Å²) >= 11 is 0. The van der Waals surface area contributed by atoms with Crippen molar-refractivity contribution in [3.05, 3.63) is 24.3 Å². The number of likely N-dealkylation sites (N-methyl/N-ethyl adjacent to an activating group) is 2. The van der Waals surface area contributed by atoms with E-state index in [1.165, 1.54) is 5.69 Å². The molecule has 17 heavy (non-hydrogen) atoms. The number of rotatable bonds is 7. The number of hydrogen-bond acceptors (Lipinski definition) is 3. The molecule has 1 unspecified atom stereocenters. The number of benzene rings is 1. The molecule has 0 saturated heterocycles. The van der Waals surface area contributed by atoms with Crippen molar-refractivity contribution < 1.29 is 4.74 Å². The van der Waals surface area contributed by atoms with E-state index in [4.69, 9.17) is 4.74 Å². The van der Waals surface area contributed by atoms with Gasteiger partial charge in [0.25, 0.3) is 0 Å². The van der Waals surface area contributed by atoms with Crippen molar-refractivity contribution in [3.8, 4) is 5.75 Å². The summed E-state index contributed by atoms with van der Waals surface area (Å²) < 4.78 is 5.17. The van der Waals surface area contributed by atoms with Crippen LogP contribution in [0, 0.1) is 0 Å². The summed E-state index contributed by atoms with van der Waals surface area (Å²) in [7, 11) is 3.84. The monoisotopic (exact) mass is 236 g/mol. The van der Waals surface area contributed by atoms with Crippen LogP contribution < -0.4 is 15.0 Å². The van der Waals surface area contributed by atoms with E-state index in [1.54, 1.807) is 7.11 Å². The Balaban J connectivity index is 2.67. The van der Waals surface area contributed by atoms with Gasteiger partial charge in [-0.3, -0.25) is 0 Å². The largest absolute Gasteiger partial charge is 0.497 e. The van der Waals surface area contributed by atoms with Crippen LogP contribution in [-0.4, -0.2) is 33.3 Å². The second-order valence-electron chi connectivity index (χ2n) is 4.18. The molecule has 1 aromatic rings. The highest BCUT2D eigenvalue weighted by molar-refractivity contribution is 5.49. The van der Waals surface area contributed by atoms with Crippen LogP contribution in [0.3, 0.4) is 0 Å². The van der Waals surface area contributed by atoms with Crippen LogP contribution in [0.25, 0.3) is 0 Å². The molecule has 1 N–H and O–H groups in total. The van der Waals surface area contributed by atoms with Crippen LogP contribution in [0.4, 0.5) is 5.69 Å². The van der Waals surface area contributed by atoms with Crippen molar-refractivity contribution in [2.24, 2.45) is 0 Å². The topological polar surface area (TPSA) is 24.5 Å². The van der Waals surface area contributed by atoms with E-state index in [0.717, 1.165) is 25.3 Å². The average molecular weight is 236 g/mol. The van der Waals surface area contributed by atoms with E-state index in [2.05, 4.69) is 43.2 Å². The lowest BCUT2D eigenvalue weighted by molar-refractivity contribution is 0.414. The van der Waals surface area contributed by atoms with Gasteiger partial charge in [0, 0.05) is 25.3 Å². The normalized spacial score (nSPS) is 12.2. The maximum atomic E-state index is 5.17. The van der Waals surface area contributed by atoms with Crippen molar-refractivity contribution >= 4 is 5.69 Å². The van der Waals surface area contributed by atoms with E-state index in [0.29, 0.717) is 6.04 Å². The number of ether oxygens (including phenoxy) is 1. The van der Waals surface area contributed by atoms with Gasteiger partial charge in [-0.25, -0.2) is 0 Å². The van der Waals surface area contributed by atoms with Crippen LogP contribution in [0.15, 0.2) is 24.3 Å². The van der Waals surface area contributed by atoms with E-state index in [9.17, 15) is 0 Å². The first kappa shape index (κ1) is 13.8. The fourth-order valence-electron chi connectivity index (χ4n) is 1.89. The van der Waals surface area contributed by atoms with Gasteiger partial charge >= 0.3 is 0 Å². The van der Waals surface area contributed by atoms with Crippen LogP contribution in [0.1, 0.15) is 20.3 Å². The minimum atomic E-state index is 0.531. The maximum absolute atomic E-state index is 5.17. The molecule has 1 aromatic carbocycles. The molecule has 0 aliphatic rings. The van der Waals surface area contributed by atoms with Crippen LogP contribution in [0.5, 0.6) is 5.75 Å². The first-order valence-corrected chi connectivity index (χ1v) is 6.30. The SMILES string of the molecule is CCNCC(CC)N(C)c1ccc(OC)cc1. The molecular weight excluding hydrogens is 212 g/mol. The predicted molar refractivity (Wildman–Crippen MR) is 74.0 cm³/mol. The molecule has 3 heteroatoms. The third-order valence-electron chi connectivity index (χ3n) is 3.13. The Morgan fingerprint density at radius 1 is 1.24 bits per heavy atom. The zero-order chi connectivity index (χ0) is 12.7. The molecule has 0 amide bonds. The Kier molecular flexibility index (Phi) is 5.84. The summed E-state index contributed by atoms with van der Waals surface area (Å²) in [6.07, 6.45) is 1.13. The van der Waals surface area contributed by atoms with Crippen LogP contribution in [0.2, 0.25) is 0 Å². The first-order valence-electron chi connectivity index (χ1n) is 6.30. The second-order valence-corrected chi connectivity index (χ2v) is 4.18. The molecule has 1 atom stereocenters. The molecule has 0 aromatic heterocycles. The minimum absolute atomic E-state index is 0.531. The highest BCUT2D eigenvalue weighted by Gasteiger charge is 2.12. The summed E-state index contributed by atoms with van der Waals surface area (Å²) in [6, 6.07) is 8.75. The van der Waals surface area contributed by atoms with Crippen LogP contribution in [-0.2, 0) is 0 Å². The number of nitrogens with one attached hydrogen (secondary N) is 1. The second kappa shape index (κ2) is 7.17. The average Bonchev–Trinajstić information content (AvgIpc) is 2.39. The summed E-state index contributed by atoms with van der Waals surface area (Å²) in [5, 5.41) is 3.41. The highest BCUT2D eigenvalue weighted by Crippen LogP contribution is 2.20. The fourth-order valence-corrected chi connectivity index (χ4v) is 1.89. The summed E-state index contributed by atoms with van der Waals surface area (Å²) in [5.41, 5.74) is 1.23. The zero-order valence-electron chi connectivity index (χ0n) is 11.4. The Bertz CT molecular complexity index is 311. The van der Waals surface area contributed by atoms with Crippen molar-refractivity contribution in [1.29, 1.82) is 0 Å². The Labute approximate surface area is 105 Å². The van der Waals surface area contributed by atoms with Gasteiger partial charge in [0.05, 0.1) is 7.11 Å². The lowest BCUT2D eigenvalue weighted by Crippen LogP contribution is -2.39. The van der Waals surface area contributed by atoms with E-state index >= 15 is 0 Å². The fraction of sp³-hybridized carbons (Fsp3) is 0.571. The maximum Gasteiger partial charge on any atom is 0.119 e. The van der Waals surface area contributed by atoms with Gasteiger partial charge in [0.2, 0.25) is 0 Å². The number of methoxy groups -OCH3 is 1. The molecule has 0 saturated carbocycles. The number of nitrogens with zero attached hydrogens (tertiary/aromatic N) is 1. The van der Waals surface area contributed by atoms with Crippen LogP contribution >= 0.6 is 0 Å². The standard InChI is InChI=1S/C14H24N2O/c1-5-12(11-15-6-2)16(3)13-7-9-14(17-4)10-8-13/h7-10,12,15H,5-6,11H2,1-4H3. The summed E-state index contributed by atoms with van der Waals surface area (Å²) in [4.78, 5) is 2.32. The predicted octanol–water partition coefficient (Wildman–Crippen LogP) is 2.52. The molecular formula is C14H24N2O. The Morgan fingerprint density at radius 2 is 1.88 bits per heavy atom. The molecule has 0 heterocycles. The third-order valence-corrected chi connectivity index (χ3v) is 3.13. The van der Waals surface area contributed by atoms with Gasteiger partial charge in [-0.2, -0.15) is 0 Å². The smallest absolute Gasteiger partial charge is 0.119 e. The molecule has 0 bridgehead atoms. The van der Waals surface area contributed by atoms with Gasteiger partial charge in [0.1, 0.15) is 5.75 Å². The molecule has 0 fully saturated rings. The number of hydrogen-bond donors (Lipinski definition) is 1. The first-order chi connectivity index (χ1) is 8.22. The molecule has 3 nitrogen and oxygen atoms in total. The zero-order valence-corrected chi connectivity index (χ0v) is 11.4. The molecule has 0 aliphatic heterocycles. The molecule has 96 valence electrons. The molecule has 0 aliphatic carbocycles. The summed E-state index contributed by atoms with van der Waals surface area (Å²) in [5.74, 6) is 0.905. The van der Waals surface area contributed by atoms with E-state index < -0.39 is 0 Å². The van der Waals surface area contributed by atoms with Crippen molar-refractivity contribution in [2.45, 2.75) is 26.3 Å². The van der Waals surface area contributed by atoms with Gasteiger partial charge < -0.3 is 15.0 Å². The number of anilines is 1. The third kappa shape index (κ3) is 3.93. The van der Waals surface area contributed by atoms with Crippen molar-refractivity contribution in [3.63, 3.8) is 0 Å². The Hall–Kier alpha value is -1.22. The highest BCUT2D eigenvalue weighted by atomic mass is 16.5. The van der Waals surface area contributed by atoms with E-state index in [-0.39, 0.29) is 0 Å². The van der Waals surface area contributed by atoms with Gasteiger partial charge in [0.15, 0.2) is 0 Å². The molecule has 0 radical (unpaired) electrons. The van der Waals surface area contributed by atoms with Crippen molar-refractivity contribution in [1.82, 2.24) is 5.32 Å². The molecule has 0 spiro atoms. The summed E-state index contributed by atoms with van der Waals surface area (Å²) in [6.45, 7) is 6.41. The minimum Gasteiger partial charge on any atom is -0.497 e. The van der Waals surface area contributed by atoms with Gasteiger partial charge in [-0.05, 0) is 37.2 Å².